The van der Waals surface area contributed by atoms with Crippen molar-refractivity contribution < 1.29 is 29.6 Å². The first kappa shape index (κ1) is 18.8. The quantitative estimate of drug-likeness (QED) is 0.262. The largest absolute Gasteiger partial charge is 0.504 e. The van der Waals surface area contributed by atoms with Crippen molar-refractivity contribution in [3.05, 3.63) is 47.5 Å². The van der Waals surface area contributed by atoms with Crippen molar-refractivity contribution in [3.63, 3.8) is 0 Å². The van der Waals surface area contributed by atoms with Crippen LogP contribution in [0.4, 0.5) is 0 Å². The van der Waals surface area contributed by atoms with Gasteiger partial charge < -0.3 is 20.1 Å². The zero-order chi connectivity index (χ0) is 19.3. The number of carbonyl (C=O) groups is 2. The molecule has 0 spiro atoms. The van der Waals surface area contributed by atoms with Crippen LogP contribution in [-0.4, -0.2) is 39.4 Å². The maximum absolute atomic E-state index is 12.0. The minimum absolute atomic E-state index is 0.144. The summed E-state index contributed by atoms with van der Waals surface area (Å²) in [6.45, 7) is 0. The normalized spacial score (nSPS) is 9.88. The van der Waals surface area contributed by atoms with Crippen LogP contribution in [0.1, 0.15) is 20.7 Å². The maximum Gasteiger partial charge on any atom is 0.269 e. The number of methoxy groups -OCH3 is 1. The Morgan fingerprint density at radius 3 is 2.04 bits per heavy atom. The molecule has 2 aromatic rings. The third-order valence-corrected chi connectivity index (χ3v) is 3.40. The number of phenols is 3. The maximum atomic E-state index is 12.0. The topological polar surface area (TPSA) is 140 Å². The highest BCUT2D eigenvalue weighted by molar-refractivity contribution is 7.80. The predicted octanol–water partition coefficient (Wildman–Crippen LogP) is 0.761. The Labute approximate surface area is 153 Å². The number of benzene rings is 2. The fourth-order valence-corrected chi connectivity index (χ4v) is 2.01. The van der Waals surface area contributed by atoms with Crippen LogP contribution in [0.25, 0.3) is 0 Å². The average Bonchev–Trinajstić information content (AvgIpc) is 2.63. The van der Waals surface area contributed by atoms with Gasteiger partial charge in [0.25, 0.3) is 11.8 Å². The molecule has 136 valence electrons. The number of aromatic hydroxyl groups is 3. The molecule has 10 heteroatoms. The van der Waals surface area contributed by atoms with E-state index in [0.29, 0.717) is 11.3 Å². The molecule has 0 unspecified atom stereocenters. The van der Waals surface area contributed by atoms with Crippen molar-refractivity contribution in [1.29, 1.82) is 0 Å². The van der Waals surface area contributed by atoms with Gasteiger partial charge in [-0.3, -0.25) is 25.8 Å². The van der Waals surface area contributed by atoms with E-state index in [1.54, 1.807) is 12.1 Å². The van der Waals surface area contributed by atoms with Crippen molar-refractivity contribution in [2.45, 2.75) is 0 Å². The summed E-state index contributed by atoms with van der Waals surface area (Å²) >= 11 is 4.90. The van der Waals surface area contributed by atoms with Crippen LogP contribution in [0.5, 0.6) is 23.0 Å². The monoisotopic (exact) mass is 377 g/mol. The van der Waals surface area contributed by atoms with E-state index in [-0.39, 0.29) is 10.7 Å². The molecule has 0 saturated heterocycles. The second kappa shape index (κ2) is 8.03. The van der Waals surface area contributed by atoms with E-state index < -0.39 is 29.1 Å². The molecule has 9 nitrogen and oxygen atoms in total. The van der Waals surface area contributed by atoms with E-state index in [4.69, 9.17) is 17.0 Å². The molecule has 0 bridgehead atoms. The number of thiocarbonyl (C=S) groups is 1. The van der Waals surface area contributed by atoms with Crippen LogP contribution in [0.3, 0.4) is 0 Å². The van der Waals surface area contributed by atoms with E-state index in [0.717, 1.165) is 12.1 Å². The van der Waals surface area contributed by atoms with Gasteiger partial charge in [-0.25, -0.2) is 0 Å². The Balaban J connectivity index is 1.91. The average molecular weight is 377 g/mol. The van der Waals surface area contributed by atoms with Crippen LogP contribution in [0, 0.1) is 0 Å². The first-order valence-corrected chi connectivity index (χ1v) is 7.53. The third kappa shape index (κ3) is 4.51. The molecule has 0 aromatic heterocycles. The van der Waals surface area contributed by atoms with Gasteiger partial charge in [-0.05, 0) is 48.6 Å². The zero-order valence-corrected chi connectivity index (χ0v) is 14.3. The number of nitrogens with one attached hydrogen (secondary N) is 3. The van der Waals surface area contributed by atoms with Crippen LogP contribution >= 0.6 is 12.2 Å². The fourth-order valence-electron chi connectivity index (χ4n) is 1.87. The van der Waals surface area contributed by atoms with Gasteiger partial charge in [0.05, 0.1) is 7.11 Å². The fraction of sp³-hybridized carbons (Fsp3) is 0.0625. The third-order valence-electron chi connectivity index (χ3n) is 3.20. The Hall–Kier alpha value is -3.53. The predicted molar refractivity (Wildman–Crippen MR) is 95.1 cm³/mol. The molecule has 26 heavy (non-hydrogen) atoms. The Kier molecular flexibility index (Phi) is 5.81. The summed E-state index contributed by atoms with van der Waals surface area (Å²) in [4.78, 5) is 23.9. The molecule has 0 fully saturated rings. The molecule has 2 aromatic carbocycles. The molecular weight excluding hydrogens is 362 g/mol. The summed E-state index contributed by atoms with van der Waals surface area (Å²) < 4.78 is 4.99. The van der Waals surface area contributed by atoms with Gasteiger partial charge in [-0.2, -0.15) is 0 Å². The number of ether oxygens (including phenoxy) is 1. The lowest BCUT2D eigenvalue weighted by Gasteiger charge is -2.11. The van der Waals surface area contributed by atoms with Crippen molar-refractivity contribution in [1.82, 2.24) is 16.2 Å². The minimum atomic E-state index is -0.767. The molecule has 0 heterocycles. The van der Waals surface area contributed by atoms with Crippen LogP contribution in [0.15, 0.2) is 36.4 Å². The second-order valence-corrected chi connectivity index (χ2v) is 5.36. The number of amides is 2. The number of hydrazine groups is 1. The molecule has 6 N–H and O–H groups in total. The van der Waals surface area contributed by atoms with Gasteiger partial charge in [0.2, 0.25) is 0 Å². The van der Waals surface area contributed by atoms with E-state index >= 15 is 0 Å². The number of hydrogen-bond acceptors (Lipinski definition) is 7. The summed E-state index contributed by atoms with van der Waals surface area (Å²) in [6.07, 6.45) is 0. The van der Waals surface area contributed by atoms with Crippen molar-refractivity contribution >= 4 is 29.1 Å². The standard InChI is InChI=1S/C16H15N3O6S/c1-25-10-4-2-8(3-5-10)14(23)17-16(26)19-18-15(24)9-6-11(20)13(22)12(21)7-9/h2-7,20-22H,1H3,(H,18,24)(H2,17,19,23,26). The minimum Gasteiger partial charge on any atom is -0.504 e. The lowest BCUT2D eigenvalue weighted by molar-refractivity contribution is 0.0934. The number of hydrogen-bond donors (Lipinski definition) is 6. The molecule has 0 saturated carbocycles. The molecular formula is C16H15N3O6S. The molecule has 0 aliphatic rings. The molecule has 0 radical (unpaired) electrons. The smallest absolute Gasteiger partial charge is 0.269 e. The summed E-state index contributed by atoms with van der Waals surface area (Å²) in [5.74, 6) is -2.74. The Morgan fingerprint density at radius 1 is 0.923 bits per heavy atom. The van der Waals surface area contributed by atoms with Gasteiger partial charge in [-0.1, -0.05) is 0 Å². The SMILES string of the molecule is COc1ccc(C(=O)NC(=S)NNC(=O)c2cc(O)c(O)c(O)c2)cc1. The molecule has 0 aliphatic heterocycles. The Bertz CT molecular complexity index is 831. The van der Waals surface area contributed by atoms with E-state index in [9.17, 15) is 24.9 Å². The van der Waals surface area contributed by atoms with Crippen molar-refractivity contribution in [2.75, 3.05) is 7.11 Å². The van der Waals surface area contributed by atoms with Crippen molar-refractivity contribution in [2.24, 2.45) is 0 Å². The van der Waals surface area contributed by atoms with E-state index in [2.05, 4.69) is 16.2 Å². The van der Waals surface area contributed by atoms with Gasteiger partial charge in [0.15, 0.2) is 22.4 Å². The summed E-state index contributed by atoms with van der Waals surface area (Å²) in [6, 6.07) is 8.19. The number of phenolic OH excluding ortho intramolecular Hbond substituents is 3. The highest BCUT2D eigenvalue weighted by Crippen LogP contribution is 2.35. The lowest BCUT2D eigenvalue weighted by atomic mass is 10.2. The molecule has 0 atom stereocenters. The van der Waals surface area contributed by atoms with Crippen LogP contribution < -0.4 is 20.9 Å². The summed E-state index contributed by atoms with van der Waals surface area (Å²) in [5, 5.41) is 30.2. The molecule has 0 aliphatic carbocycles. The molecule has 2 amide bonds. The summed E-state index contributed by atoms with van der Waals surface area (Å²) in [7, 11) is 1.50. The Morgan fingerprint density at radius 2 is 1.50 bits per heavy atom. The lowest BCUT2D eigenvalue weighted by Crippen LogP contribution is -2.48. The van der Waals surface area contributed by atoms with Gasteiger partial charge in [0.1, 0.15) is 5.75 Å². The van der Waals surface area contributed by atoms with Crippen molar-refractivity contribution in [3.8, 4) is 23.0 Å². The van der Waals surface area contributed by atoms with E-state index in [1.165, 1.54) is 19.2 Å². The van der Waals surface area contributed by atoms with Gasteiger partial charge >= 0.3 is 0 Å². The van der Waals surface area contributed by atoms with Crippen LogP contribution in [-0.2, 0) is 0 Å². The first-order chi connectivity index (χ1) is 12.3. The van der Waals surface area contributed by atoms with Gasteiger partial charge in [0, 0.05) is 11.1 Å². The van der Waals surface area contributed by atoms with Crippen LogP contribution in [0.2, 0.25) is 0 Å². The second-order valence-electron chi connectivity index (χ2n) is 4.95. The zero-order valence-electron chi connectivity index (χ0n) is 13.4. The van der Waals surface area contributed by atoms with Gasteiger partial charge in [-0.15, -0.1) is 0 Å². The van der Waals surface area contributed by atoms with E-state index in [1.807, 2.05) is 0 Å². The first-order valence-electron chi connectivity index (χ1n) is 7.12. The number of rotatable bonds is 3. The highest BCUT2D eigenvalue weighted by atomic mass is 32.1. The molecule has 2 rings (SSSR count). The number of carbonyl (C=O) groups excluding carboxylic acids is 2. The summed E-state index contributed by atoms with van der Waals surface area (Å²) in [5.41, 5.74) is 4.67. The highest BCUT2D eigenvalue weighted by Gasteiger charge is 2.14.